The molecule has 140 valence electrons. The lowest BCUT2D eigenvalue weighted by atomic mass is 10.2. The molecule has 1 N–H and O–H groups in total. The van der Waals surface area contributed by atoms with E-state index in [1.807, 2.05) is 45.2 Å². The van der Waals surface area contributed by atoms with Crippen molar-refractivity contribution >= 4 is 23.2 Å². The molecule has 1 aliphatic rings. The van der Waals surface area contributed by atoms with Gasteiger partial charge >= 0.3 is 0 Å². The van der Waals surface area contributed by atoms with Gasteiger partial charge in [0.05, 0.1) is 36.0 Å². The van der Waals surface area contributed by atoms with Gasteiger partial charge in [-0.15, -0.1) is 0 Å². The zero-order valence-electron chi connectivity index (χ0n) is 15.7. The number of nitrogens with zero attached hydrogens (tertiary/aromatic N) is 5. The van der Waals surface area contributed by atoms with Gasteiger partial charge in [0.2, 0.25) is 5.95 Å². The van der Waals surface area contributed by atoms with Crippen molar-refractivity contribution in [2.24, 2.45) is 0 Å². The number of nitrogens with one attached hydrogen (secondary N) is 1. The van der Waals surface area contributed by atoms with E-state index in [0.717, 1.165) is 30.1 Å². The Hall–Kier alpha value is -3.00. The molecule has 3 aromatic rings. The van der Waals surface area contributed by atoms with Crippen molar-refractivity contribution in [2.75, 3.05) is 36.5 Å². The van der Waals surface area contributed by atoms with Crippen molar-refractivity contribution in [1.82, 2.24) is 19.4 Å². The maximum Gasteiger partial charge on any atom is 0.274 e. The van der Waals surface area contributed by atoms with Crippen LogP contribution in [-0.4, -0.2) is 51.6 Å². The quantitative estimate of drug-likeness (QED) is 0.764. The first-order chi connectivity index (χ1) is 13.0. The molecule has 8 nitrogen and oxygen atoms in total. The van der Waals surface area contributed by atoms with E-state index < -0.39 is 0 Å². The summed E-state index contributed by atoms with van der Waals surface area (Å²) in [6.45, 7) is 8.49. The standard InChI is InChI=1S/C19H22N6O2/c1-12-16(13(2)22-19(21-12)24-8-10-27-11-9-24)23-18(26)17-14(3)20-15-6-4-5-7-25(15)17/h4-7H,8-11H2,1-3H3,(H,23,26). The molecule has 0 spiro atoms. The van der Waals surface area contributed by atoms with Crippen molar-refractivity contribution in [3.8, 4) is 0 Å². The van der Waals surface area contributed by atoms with Gasteiger partial charge in [0.25, 0.3) is 5.91 Å². The molecule has 0 atom stereocenters. The first kappa shape index (κ1) is 17.4. The van der Waals surface area contributed by atoms with E-state index in [1.165, 1.54) is 0 Å². The van der Waals surface area contributed by atoms with Crippen LogP contribution in [0.5, 0.6) is 0 Å². The molecule has 8 heteroatoms. The van der Waals surface area contributed by atoms with Crippen LogP contribution in [0.2, 0.25) is 0 Å². The van der Waals surface area contributed by atoms with Gasteiger partial charge in [0, 0.05) is 19.3 Å². The van der Waals surface area contributed by atoms with Gasteiger partial charge in [-0.25, -0.2) is 15.0 Å². The number of imidazole rings is 1. The highest BCUT2D eigenvalue weighted by molar-refractivity contribution is 6.05. The number of rotatable bonds is 3. The normalized spacial score (nSPS) is 14.6. The van der Waals surface area contributed by atoms with Crippen LogP contribution in [0.15, 0.2) is 24.4 Å². The number of hydrogen-bond donors (Lipinski definition) is 1. The summed E-state index contributed by atoms with van der Waals surface area (Å²) < 4.78 is 7.17. The summed E-state index contributed by atoms with van der Waals surface area (Å²) in [4.78, 5) is 28.7. The zero-order valence-corrected chi connectivity index (χ0v) is 15.7. The SMILES string of the molecule is Cc1nc(N2CCOCC2)nc(C)c1NC(=O)c1c(C)nc2ccccn12. The Kier molecular flexibility index (Phi) is 4.49. The van der Waals surface area contributed by atoms with Gasteiger partial charge < -0.3 is 15.0 Å². The van der Waals surface area contributed by atoms with Crippen molar-refractivity contribution < 1.29 is 9.53 Å². The number of morpholine rings is 1. The number of hydrogen-bond acceptors (Lipinski definition) is 6. The van der Waals surface area contributed by atoms with E-state index in [2.05, 4.69) is 25.2 Å². The Morgan fingerprint density at radius 1 is 1.04 bits per heavy atom. The number of carbonyl (C=O) groups excluding carboxylic acids is 1. The van der Waals surface area contributed by atoms with Crippen LogP contribution < -0.4 is 10.2 Å². The summed E-state index contributed by atoms with van der Waals surface area (Å²) >= 11 is 0. The molecule has 1 amide bonds. The predicted molar refractivity (Wildman–Crippen MR) is 102 cm³/mol. The van der Waals surface area contributed by atoms with Crippen LogP contribution >= 0.6 is 0 Å². The minimum absolute atomic E-state index is 0.222. The predicted octanol–water partition coefficient (Wildman–Crippen LogP) is 2.14. The van der Waals surface area contributed by atoms with Crippen LogP contribution in [0.4, 0.5) is 11.6 Å². The van der Waals surface area contributed by atoms with E-state index in [4.69, 9.17) is 4.74 Å². The largest absolute Gasteiger partial charge is 0.378 e. The van der Waals surface area contributed by atoms with E-state index in [9.17, 15) is 4.79 Å². The summed E-state index contributed by atoms with van der Waals surface area (Å²) in [6, 6.07) is 5.65. The lowest BCUT2D eigenvalue weighted by Gasteiger charge is -2.27. The van der Waals surface area contributed by atoms with E-state index in [0.29, 0.717) is 36.2 Å². The molecule has 1 fully saturated rings. The van der Waals surface area contributed by atoms with Crippen molar-refractivity contribution in [3.63, 3.8) is 0 Å². The molecule has 4 rings (SSSR count). The molecule has 3 aromatic heterocycles. The number of aryl methyl sites for hydroxylation is 3. The van der Waals surface area contributed by atoms with Gasteiger partial charge in [-0.3, -0.25) is 9.20 Å². The highest BCUT2D eigenvalue weighted by Crippen LogP contribution is 2.22. The Labute approximate surface area is 157 Å². The van der Waals surface area contributed by atoms with E-state index in [-0.39, 0.29) is 5.91 Å². The second-order valence-corrected chi connectivity index (χ2v) is 6.60. The summed E-state index contributed by atoms with van der Waals surface area (Å²) in [5.74, 6) is 0.456. The van der Waals surface area contributed by atoms with Crippen molar-refractivity contribution in [1.29, 1.82) is 0 Å². The third-order valence-electron chi connectivity index (χ3n) is 4.71. The van der Waals surface area contributed by atoms with Crippen LogP contribution in [0.25, 0.3) is 5.65 Å². The molecule has 0 radical (unpaired) electrons. The van der Waals surface area contributed by atoms with E-state index in [1.54, 1.807) is 4.40 Å². The molecule has 0 aromatic carbocycles. The number of carbonyl (C=O) groups is 1. The molecule has 27 heavy (non-hydrogen) atoms. The number of amides is 1. The molecule has 0 aliphatic carbocycles. The average molecular weight is 366 g/mol. The summed E-state index contributed by atoms with van der Waals surface area (Å²) in [6.07, 6.45) is 1.84. The Balaban J connectivity index is 1.64. The molecule has 1 saturated heterocycles. The molecular weight excluding hydrogens is 344 g/mol. The van der Waals surface area contributed by atoms with Crippen LogP contribution in [0.3, 0.4) is 0 Å². The molecule has 0 bridgehead atoms. The fraction of sp³-hybridized carbons (Fsp3) is 0.368. The number of ether oxygens (including phenoxy) is 1. The molecular formula is C19H22N6O2. The fourth-order valence-corrected chi connectivity index (χ4v) is 3.34. The van der Waals surface area contributed by atoms with Crippen molar-refractivity contribution in [2.45, 2.75) is 20.8 Å². The Morgan fingerprint density at radius 3 is 2.44 bits per heavy atom. The Bertz CT molecular complexity index is 984. The van der Waals surface area contributed by atoms with Crippen LogP contribution in [-0.2, 0) is 4.74 Å². The van der Waals surface area contributed by atoms with Gasteiger partial charge in [0.15, 0.2) is 0 Å². The lowest BCUT2D eigenvalue weighted by Crippen LogP contribution is -2.37. The number of pyridine rings is 1. The van der Waals surface area contributed by atoms with Gasteiger partial charge in [-0.2, -0.15) is 0 Å². The zero-order chi connectivity index (χ0) is 19.0. The summed E-state index contributed by atoms with van der Waals surface area (Å²) in [5, 5.41) is 2.98. The third kappa shape index (κ3) is 3.23. The maximum absolute atomic E-state index is 12.9. The highest BCUT2D eigenvalue weighted by atomic mass is 16.5. The maximum atomic E-state index is 12.9. The second kappa shape index (κ2) is 6.96. The van der Waals surface area contributed by atoms with Gasteiger partial charge in [0.1, 0.15) is 11.3 Å². The van der Waals surface area contributed by atoms with Gasteiger partial charge in [-0.05, 0) is 32.9 Å². The smallest absolute Gasteiger partial charge is 0.274 e. The highest BCUT2D eigenvalue weighted by Gasteiger charge is 2.21. The first-order valence-corrected chi connectivity index (χ1v) is 8.97. The second-order valence-electron chi connectivity index (χ2n) is 6.60. The van der Waals surface area contributed by atoms with Crippen LogP contribution in [0, 0.1) is 20.8 Å². The summed E-state index contributed by atoms with van der Waals surface area (Å²) in [5.41, 5.74) is 4.06. The first-order valence-electron chi connectivity index (χ1n) is 8.97. The topological polar surface area (TPSA) is 84.6 Å². The Morgan fingerprint density at radius 2 is 1.74 bits per heavy atom. The number of anilines is 2. The minimum Gasteiger partial charge on any atom is -0.378 e. The van der Waals surface area contributed by atoms with Crippen molar-refractivity contribution in [3.05, 3.63) is 47.2 Å². The van der Waals surface area contributed by atoms with Crippen LogP contribution in [0.1, 0.15) is 27.6 Å². The molecule has 0 saturated carbocycles. The number of fused-ring (bicyclic) bond motifs is 1. The number of aromatic nitrogens is 4. The summed E-state index contributed by atoms with van der Waals surface area (Å²) in [7, 11) is 0. The third-order valence-corrected chi connectivity index (χ3v) is 4.71. The average Bonchev–Trinajstić information content (AvgIpc) is 3.01. The monoisotopic (exact) mass is 366 g/mol. The molecule has 4 heterocycles. The molecule has 0 unspecified atom stereocenters. The fourth-order valence-electron chi connectivity index (χ4n) is 3.34. The lowest BCUT2D eigenvalue weighted by molar-refractivity contribution is 0.102. The van der Waals surface area contributed by atoms with E-state index >= 15 is 0 Å². The minimum atomic E-state index is -0.222. The molecule has 1 aliphatic heterocycles. The van der Waals surface area contributed by atoms with Gasteiger partial charge in [-0.1, -0.05) is 6.07 Å².